The van der Waals surface area contributed by atoms with Crippen LogP contribution in [0.1, 0.15) is 18.4 Å². The normalized spacial score (nSPS) is 21.3. The van der Waals surface area contributed by atoms with Crippen LogP contribution in [0.25, 0.3) is 0 Å². The summed E-state index contributed by atoms with van der Waals surface area (Å²) in [7, 11) is -3.47. The number of benzene rings is 1. The van der Waals surface area contributed by atoms with E-state index in [9.17, 15) is 13.5 Å². The topological polar surface area (TPSA) is 57.6 Å². The molecule has 0 amide bonds. The molecule has 0 aliphatic carbocycles. The Morgan fingerprint density at radius 1 is 1.33 bits per heavy atom. The molecule has 1 aromatic carbocycles. The summed E-state index contributed by atoms with van der Waals surface area (Å²) in [5, 5.41) is 9.92. The second kappa shape index (κ2) is 5.69. The average molecular weight is 334 g/mol. The van der Waals surface area contributed by atoms with E-state index in [1.54, 1.807) is 24.3 Å². The van der Waals surface area contributed by atoms with Crippen LogP contribution in [0.3, 0.4) is 0 Å². The van der Waals surface area contributed by atoms with Gasteiger partial charge < -0.3 is 5.11 Å². The molecule has 1 heterocycles. The van der Waals surface area contributed by atoms with Crippen molar-refractivity contribution in [1.82, 2.24) is 4.31 Å². The van der Waals surface area contributed by atoms with Crippen molar-refractivity contribution in [3.63, 3.8) is 0 Å². The summed E-state index contributed by atoms with van der Waals surface area (Å²) >= 11 is 3.33. The zero-order valence-corrected chi connectivity index (χ0v) is 12.3. The Bertz CT molecular complexity index is 501. The second-order valence-electron chi connectivity index (χ2n) is 4.37. The van der Waals surface area contributed by atoms with Crippen molar-refractivity contribution < 1.29 is 13.5 Å². The van der Waals surface area contributed by atoms with Crippen LogP contribution in [0.15, 0.2) is 29.2 Å². The van der Waals surface area contributed by atoms with Gasteiger partial charge in [-0.25, -0.2) is 8.42 Å². The van der Waals surface area contributed by atoms with Crippen LogP contribution in [-0.2, 0) is 15.4 Å². The third kappa shape index (κ3) is 2.61. The highest BCUT2D eigenvalue weighted by Crippen LogP contribution is 2.26. The standard InChI is InChI=1S/C12H16BrNO3S/c13-8-10-3-5-12(6-4-10)18(16,17)14-7-1-2-11(14)9-15/h3-6,11,15H,1-2,7-9H2/t11-/m1/s1. The first kappa shape index (κ1) is 14.0. The first-order valence-electron chi connectivity index (χ1n) is 5.87. The molecule has 0 aromatic heterocycles. The molecule has 0 spiro atoms. The fraction of sp³-hybridized carbons (Fsp3) is 0.500. The predicted octanol–water partition coefficient (Wildman–Crippen LogP) is 1.73. The van der Waals surface area contributed by atoms with E-state index in [1.165, 1.54) is 4.31 Å². The number of aliphatic hydroxyl groups is 1. The van der Waals surface area contributed by atoms with Gasteiger partial charge >= 0.3 is 0 Å². The first-order chi connectivity index (χ1) is 8.59. The SMILES string of the molecule is O=S(=O)(c1ccc(CBr)cc1)N1CCC[C@@H]1CO. The molecule has 4 nitrogen and oxygen atoms in total. The molecule has 1 aliphatic rings. The summed E-state index contributed by atoms with van der Waals surface area (Å²) in [6, 6.07) is 6.57. The number of hydrogen-bond acceptors (Lipinski definition) is 3. The van der Waals surface area contributed by atoms with Crippen LogP contribution >= 0.6 is 15.9 Å². The van der Waals surface area contributed by atoms with Crippen LogP contribution in [-0.4, -0.2) is 37.0 Å². The molecule has 1 aliphatic heterocycles. The van der Waals surface area contributed by atoms with Gasteiger partial charge in [-0.05, 0) is 30.5 Å². The van der Waals surface area contributed by atoms with E-state index in [2.05, 4.69) is 15.9 Å². The molecule has 1 saturated heterocycles. The number of alkyl halides is 1. The Balaban J connectivity index is 2.29. The van der Waals surface area contributed by atoms with Gasteiger partial charge in [0.25, 0.3) is 0 Å². The lowest BCUT2D eigenvalue weighted by Crippen LogP contribution is -2.37. The average Bonchev–Trinajstić information content (AvgIpc) is 2.88. The van der Waals surface area contributed by atoms with Gasteiger partial charge in [0.1, 0.15) is 0 Å². The molecule has 0 radical (unpaired) electrons. The molecular formula is C12H16BrNO3S. The molecule has 2 rings (SSSR count). The molecule has 100 valence electrons. The van der Waals surface area contributed by atoms with Crippen LogP contribution in [0.4, 0.5) is 0 Å². The van der Waals surface area contributed by atoms with Gasteiger partial charge in [0.2, 0.25) is 10.0 Å². The number of aliphatic hydroxyl groups excluding tert-OH is 1. The van der Waals surface area contributed by atoms with Crippen LogP contribution in [0.5, 0.6) is 0 Å². The molecule has 1 fully saturated rings. The number of hydrogen-bond donors (Lipinski definition) is 1. The van der Waals surface area contributed by atoms with Crippen LogP contribution in [0, 0.1) is 0 Å². The van der Waals surface area contributed by atoms with Crippen molar-refractivity contribution >= 4 is 26.0 Å². The van der Waals surface area contributed by atoms with Gasteiger partial charge in [0, 0.05) is 17.9 Å². The zero-order chi connectivity index (χ0) is 13.2. The van der Waals surface area contributed by atoms with Gasteiger partial charge in [0.15, 0.2) is 0 Å². The van der Waals surface area contributed by atoms with Crippen molar-refractivity contribution in [3.8, 4) is 0 Å². The minimum absolute atomic E-state index is 0.112. The van der Waals surface area contributed by atoms with Crippen molar-refractivity contribution in [2.24, 2.45) is 0 Å². The fourth-order valence-corrected chi connectivity index (χ4v) is 4.25. The Hall–Kier alpha value is -0.430. The number of sulfonamides is 1. The molecule has 6 heteroatoms. The monoisotopic (exact) mass is 333 g/mol. The summed E-state index contributed by atoms with van der Waals surface area (Å²) in [6.45, 7) is 0.381. The Labute approximate surface area is 116 Å². The highest BCUT2D eigenvalue weighted by Gasteiger charge is 2.34. The first-order valence-corrected chi connectivity index (χ1v) is 8.43. The summed E-state index contributed by atoms with van der Waals surface area (Å²) in [4.78, 5) is 0.299. The summed E-state index contributed by atoms with van der Waals surface area (Å²) in [5.74, 6) is 0. The lowest BCUT2D eigenvalue weighted by atomic mass is 10.2. The number of nitrogens with zero attached hydrogens (tertiary/aromatic N) is 1. The van der Waals surface area contributed by atoms with Crippen LogP contribution in [0.2, 0.25) is 0 Å². The van der Waals surface area contributed by atoms with Crippen LogP contribution < -0.4 is 0 Å². The second-order valence-corrected chi connectivity index (χ2v) is 6.82. The summed E-state index contributed by atoms with van der Waals surface area (Å²) in [5.41, 5.74) is 1.04. The van der Waals surface area contributed by atoms with Gasteiger partial charge in [-0.2, -0.15) is 4.31 Å². The highest BCUT2D eigenvalue weighted by molar-refractivity contribution is 9.08. The smallest absolute Gasteiger partial charge is 0.243 e. The van der Waals surface area contributed by atoms with E-state index < -0.39 is 10.0 Å². The van der Waals surface area contributed by atoms with Gasteiger partial charge in [0.05, 0.1) is 11.5 Å². The van der Waals surface area contributed by atoms with Gasteiger partial charge in [-0.1, -0.05) is 28.1 Å². The number of rotatable bonds is 4. The maximum Gasteiger partial charge on any atom is 0.243 e. The molecule has 0 unspecified atom stereocenters. The highest BCUT2D eigenvalue weighted by atomic mass is 79.9. The van der Waals surface area contributed by atoms with Gasteiger partial charge in [-0.15, -0.1) is 0 Å². The zero-order valence-electron chi connectivity index (χ0n) is 9.92. The quantitative estimate of drug-likeness (QED) is 0.853. The Morgan fingerprint density at radius 2 is 2.00 bits per heavy atom. The molecular weight excluding hydrogens is 318 g/mol. The molecule has 1 aromatic rings. The molecule has 0 bridgehead atoms. The lowest BCUT2D eigenvalue weighted by molar-refractivity contribution is 0.213. The van der Waals surface area contributed by atoms with Crippen molar-refractivity contribution in [3.05, 3.63) is 29.8 Å². The summed E-state index contributed by atoms with van der Waals surface area (Å²) in [6.07, 6.45) is 1.54. The Kier molecular flexibility index (Phi) is 4.42. The van der Waals surface area contributed by atoms with E-state index in [4.69, 9.17) is 0 Å². The van der Waals surface area contributed by atoms with Crippen molar-refractivity contribution in [2.45, 2.75) is 29.1 Å². The van der Waals surface area contributed by atoms with Gasteiger partial charge in [-0.3, -0.25) is 0 Å². The predicted molar refractivity (Wildman–Crippen MR) is 73.1 cm³/mol. The number of halogens is 1. The maximum atomic E-state index is 12.4. The Morgan fingerprint density at radius 3 is 2.56 bits per heavy atom. The van der Waals surface area contributed by atoms with E-state index in [0.29, 0.717) is 16.8 Å². The molecule has 0 saturated carbocycles. The van der Waals surface area contributed by atoms with Crippen molar-refractivity contribution in [2.75, 3.05) is 13.2 Å². The maximum absolute atomic E-state index is 12.4. The lowest BCUT2D eigenvalue weighted by Gasteiger charge is -2.22. The van der Waals surface area contributed by atoms with E-state index in [0.717, 1.165) is 18.4 Å². The third-order valence-corrected chi connectivity index (χ3v) is 5.83. The minimum Gasteiger partial charge on any atom is -0.395 e. The molecule has 18 heavy (non-hydrogen) atoms. The van der Waals surface area contributed by atoms with E-state index in [-0.39, 0.29) is 12.6 Å². The van der Waals surface area contributed by atoms with Crippen molar-refractivity contribution in [1.29, 1.82) is 0 Å². The molecule has 1 N–H and O–H groups in total. The fourth-order valence-electron chi connectivity index (χ4n) is 2.19. The van der Waals surface area contributed by atoms with E-state index >= 15 is 0 Å². The molecule has 1 atom stereocenters. The largest absolute Gasteiger partial charge is 0.395 e. The third-order valence-electron chi connectivity index (χ3n) is 3.22. The van der Waals surface area contributed by atoms with E-state index in [1.807, 2.05) is 0 Å². The minimum atomic E-state index is -3.47. The summed E-state index contributed by atoms with van der Waals surface area (Å²) < 4.78 is 26.2.